The lowest BCUT2D eigenvalue weighted by atomic mass is 10.2. The summed E-state index contributed by atoms with van der Waals surface area (Å²) in [6.07, 6.45) is 1.74. The highest BCUT2D eigenvalue weighted by Crippen LogP contribution is 2.22. The lowest BCUT2D eigenvalue weighted by Gasteiger charge is -2.09. The van der Waals surface area contributed by atoms with Gasteiger partial charge in [-0.05, 0) is 43.8 Å². The first-order valence-electron chi connectivity index (χ1n) is 5.69. The number of hydrogen-bond acceptors (Lipinski definition) is 4. The van der Waals surface area contributed by atoms with E-state index >= 15 is 0 Å². The highest BCUT2D eigenvalue weighted by molar-refractivity contribution is 6.30. The van der Waals surface area contributed by atoms with Crippen molar-refractivity contribution in [2.75, 3.05) is 12.4 Å². The van der Waals surface area contributed by atoms with Gasteiger partial charge >= 0.3 is 0 Å². The molecule has 0 fully saturated rings. The third-order valence-electron chi connectivity index (χ3n) is 2.49. The Bertz CT molecular complexity index is 542. The van der Waals surface area contributed by atoms with Crippen LogP contribution in [0.4, 0.5) is 11.5 Å². The Morgan fingerprint density at radius 2 is 2.11 bits per heavy atom. The van der Waals surface area contributed by atoms with E-state index in [9.17, 15) is 0 Å². The zero-order valence-corrected chi connectivity index (χ0v) is 11.1. The van der Waals surface area contributed by atoms with Gasteiger partial charge in [0.15, 0.2) is 0 Å². The van der Waals surface area contributed by atoms with Gasteiger partial charge in [0.1, 0.15) is 11.6 Å². The molecule has 1 heterocycles. The Morgan fingerprint density at radius 3 is 2.83 bits per heavy atom. The van der Waals surface area contributed by atoms with Gasteiger partial charge in [-0.1, -0.05) is 11.6 Å². The van der Waals surface area contributed by atoms with Crippen LogP contribution in [0.15, 0.2) is 30.5 Å². The van der Waals surface area contributed by atoms with Gasteiger partial charge in [-0.15, -0.1) is 0 Å². The normalized spacial score (nSPS) is 10.4. The summed E-state index contributed by atoms with van der Waals surface area (Å²) in [6.45, 7) is 2.65. The molecule has 2 N–H and O–H groups in total. The molecule has 2 aromatic rings. The average molecular weight is 263 g/mol. The minimum Gasteiger partial charge on any atom is -0.340 e. The summed E-state index contributed by atoms with van der Waals surface area (Å²) in [5.41, 5.74) is 2.07. The van der Waals surface area contributed by atoms with Crippen LogP contribution in [0.5, 0.6) is 0 Å². The van der Waals surface area contributed by atoms with Crippen LogP contribution in [0.25, 0.3) is 0 Å². The van der Waals surface area contributed by atoms with Crippen molar-refractivity contribution in [1.82, 2.24) is 15.3 Å². The smallest absolute Gasteiger partial charge is 0.144 e. The van der Waals surface area contributed by atoms with Crippen molar-refractivity contribution in [2.45, 2.75) is 13.5 Å². The maximum Gasteiger partial charge on any atom is 0.144 e. The molecule has 0 aliphatic rings. The van der Waals surface area contributed by atoms with Crippen LogP contribution in [0.2, 0.25) is 5.02 Å². The van der Waals surface area contributed by atoms with Crippen LogP contribution in [0.1, 0.15) is 11.4 Å². The zero-order valence-electron chi connectivity index (χ0n) is 10.4. The zero-order chi connectivity index (χ0) is 13.0. The Hall–Kier alpha value is -1.65. The van der Waals surface area contributed by atoms with Crippen LogP contribution < -0.4 is 10.6 Å². The first-order chi connectivity index (χ1) is 8.69. The predicted molar refractivity (Wildman–Crippen MR) is 74.3 cm³/mol. The first kappa shape index (κ1) is 12.8. The summed E-state index contributed by atoms with van der Waals surface area (Å²) >= 11 is 5.92. The molecule has 5 heteroatoms. The largest absolute Gasteiger partial charge is 0.340 e. The van der Waals surface area contributed by atoms with Gasteiger partial charge in [-0.3, -0.25) is 0 Å². The first-order valence-corrected chi connectivity index (χ1v) is 6.06. The van der Waals surface area contributed by atoms with Gasteiger partial charge in [-0.2, -0.15) is 0 Å². The lowest BCUT2D eigenvalue weighted by molar-refractivity contribution is 0.759. The minimum absolute atomic E-state index is 0.648. The highest BCUT2D eigenvalue weighted by atomic mass is 35.5. The molecule has 0 atom stereocenters. The fourth-order valence-corrected chi connectivity index (χ4v) is 1.84. The number of aromatic nitrogens is 2. The quantitative estimate of drug-likeness (QED) is 0.890. The molecule has 0 radical (unpaired) electrons. The van der Waals surface area contributed by atoms with E-state index in [0.717, 1.165) is 27.9 Å². The van der Waals surface area contributed by atoms with Gasteiger partial charge in [0.25, 0.3) is 0 Å². The maximum atomic E-state index is 5.92. The summed E-state index contributed by atoms with van der Waals surface area (Å²) in [4.78, 5) is 8.58. The van der Waals surface area contributed by atoms with E-state index in [1.54, 1.807) is 6.20 Å². The third-order valence-corrected chi connectivity index (χ3v) is 2.73. The van der Waals surface area contributed by atoms with Crippen LogP contribution in [0, 0.1) is 6.92 Å². The van der Waals surface area contributed by atoms with Crippen molar-refractivity contribution >= 4 is 23.1 Å². The molecule has 0 aliphatic carbocycles. The summed E-state index contributed by atoms with van der Waals surface area (Å²) < 4.78 is 0. The molecule has 94 valence electrons. The van der Waals surface area contributed by atoms with Crippen LogP contribution >= 0.6 is 11.6 Å². The topological polar surface area (TPSA) is 49.8 Å². The molecule has 0 unspecified atom stereocenters. The van der Waals surface area contributed by atoms with E-state index in [4.69, 9.17) is 11.6 Å². The number of anilines is 2. The molecule has 0 saturated carbocycles. The summed E-state index contributed by atoms with van der Waals surface area (Å²) in [6, 6.07) is 7.55. The average Bonchev–Trinajstić information content (AvgIpc) is 2.34. The van der Waals surface area contributed by atoms with Crippen molar-refractivity contribution < 1.29 is 0 Å². The second-order valence-corrected chi connectivity index (χ2v) is 4.41. The molecule has 4 nitrogen and oxygen atoms in total. The van der Waals surface area contributed by atoms with Crippen LogP contribution in [0.3, 0.4) is 0 Å². The number of nitrogens with zero attached hydrogens (tertiary/aromatic N) is 2. The fourth-order valence-electron chi connectivity index (χ4n) is 1.62. The van der Waals surface area contributed by atoms with Gasteiger partial charge in [0, 0.05) is 16.9 Å². The van der Waals surface area contributed by atoms with E-state index in [1.807, 2.05) is 38.2 Å². The number of benzene rings is 1. The van der Waals surface area contributed by atoms with Crippen LogP contribution in [-0.2, 0) is 6.54 Å². The maximum absolute atomic E-state index is 5.92. The van der Waals surface area contributed by atoms with Gasteiger partial charge in [0.05, 0.1) is 6.54 Å². The van der Waals surface area contributed by atoms with Gasteiger partial charge in [-0.25, -0.2) is 9.97 Å². The van der Waals surface area contributed by atoms with Crippen molar-refractivity contribution in [2.24, 2.45) is 0 Å². The summed E-state index contributed by atoms with van der Waals surface area (Å²) in [5, 5.41) is 7.02. The number of halogens is 1. The molecule has 2 rings (SSSR count). The van der Waals surface area contributed by atoms with E-state index in [0.29, 0.717) is 6.54 Å². The second-order valence-electron chi connectivity index (χ2n) is 3.97. The molecule has 0 spiro atoms. The number of hydrogen-bond donors (Lipinski definition) is 2. The molecule has 0 saturated heterocycles. The lowest BCUT2D eigenvalue weighted by Crippen LogP contribution is -2.09. The monoisotopic (exact) mass is 262 g/mol. The Balaban J connectivity index is 2.20. The Labute approximate surface area is 111 Å². The highest BCUT2D eigenvalue weighted by Gasteiger charge is 2.02. The third kappa shape index (κ3) is 3.18. The summed E-state index contributed by atoms with van der Waals surface area (Å²) in [5.74, 6) is 1.54. The molecular formula is C13H15ClN4. The van der Waals surface area contributed by atoms with Crippen molar-refractivity contribution in [3.05, 3.63) is 46.9 Å². The van der Waals surface area contributed by atoms with Crippen molar-refractivity contribution in [3.63, 3.8) is 0 Å². The second kappa shape index (κ2) is 5.80. The molecule has 0 amide bonds. The molecule has 1 aromatic carbocycles. The van der Waals surface area contributed by atoms with E-state index in [2.05, 4.69) is 20.6 Å². The Kier molecular flexibility index (Phi) is 4.12. The molecule has 0 bridgehead atoms. The van der Waals surface area contributed by atoms with Gasteiger partial charge < -0.3 is 10.6 Å². The van der Waals surface area contributed by atoms with Gasteiger partial charge in [0.2, 0.25) is 0 Å². The number of aryl methyl sites for hydroxylation is 1. The predicted octanol–water partition coefficient (Wildman–Crippen LogP) is 2.90. The minimum atomic E-state index is 0.648. The van der Waals surface area contributed by atoms with Crippen LogP contribution in [-0.4, -0.2) is 17.0 Å². The Morgan fingerprint density at radius 1 is 1.28 bits per heavy atom. The van der Waals surface area contributed by atoms with E-state index < -0.39 is 0 Å². The SMILES string of the molecule is CNCc1nccc(Nc2ccc(Cl)cc2C)n1. The van der Waals surface area contributed by atoms with Crippen molar-refractivity contribution in [1.29, 1.82) is 0 Å². The standard InChI is InChI=1S/C13H15ClN4/c1-9-7-10(14)3-4-11(9)17-12-5-6-16-13(18-12)8-15-2/h3-7,15H,8H2,1-2H3,(H,16,17,18). The molecular weight excluding hydrogens is 248 g/mol. The number of rotatable bonds is 4. The summed E-state index contributed by atoms with van der Waals surface area (Å²) in [7, 11) is 1.87. The number of nitrogens with one attached hydrogen (secondary N) is 2. The fraction of sp³-hybridized carbons (Fsp3) is 0.231. The van der Waals surface area contributed by atoms with E-state index in [-0.39, 0.29) is 0 Å². The molecule has 0 aliphatic heterocycles. The van der Waals surface area contributed by atoms with Crippen molar-refractivity contribution in [3.8, 4) is 0 Å². The molecule has 18 heavy (non-hydrogen) atoms. The molecule has 1 aromatic heterocycles. The van der Waals surface area contributed by atoms with E-state index in [1.165, 1.54) is 0 Å².